The van der Waals surface area contributed by atoms with Crippen LogP contribution in [0.3, 0.4) is 0 Å². The smallest absolute Gasteiger partial charge is 0.123 e. The topological polar surface area (TPSA) is 25.2 Å². The van der Waals surface area contributed by atoms with Gasteiger partial charge in [0, 0.05) is 11.6 Å². The second kappa shape index (κ2) is 4.94. The first-order valence-electron chi connectivity index (χ1n) is 5.23. The van der Waals surface area contributed by atoms with E-state index in [1.54, 1.807) is 24.7 Å². The highest BCUT2D eigenvalue weighted by Crippen LogP contribution is 2.18. The Kier molecular flexibility index (Phi) is 3.37. The molecule has 0 saturated heterocycles. The van der Waals surface area contributed by atoms with E-state index >= 15 is 0 Å². The third-order valence-corrected chi connectivity index (χ3v) is 2.65. The summed E-state index contributed by atoms with van der Waals surface area (Å²) in [5.41, 5.74) is 2.20. The predicted molar refractivity (Wildman–Crippen MR) is 60.6 cm³/mol. The Balaban J connectivity index is 2.10. The van der Waals surface area contributed by atoms with Crippen molar-refractivity contribution in [2.24, 2.45) is 0 Å². The van der Waals surface area contributed by atoms with Crippen LogP contribution in [0.1, 0.15) is 17.2 Å². The summed E-state index contributed by atoms with van der Waals surface area (Å²) in [5, 5.41) is 3.21. The molecule has 2 aromatic rings. The molecule has 0 amide bonds. The molecular formula is C13H14FNO. The number of furan rings is 1. The number of rotatable bonds is 4. The highest BCUT2D eigenvalue weighted by molar-refractivity contribution is 5.21. The molecule has 1 unspecified atom stereocenters. The van der Waals surface area contributed by atoms with Crippen LogP contribution in [0.4, 0.5) is 4.39 Å². The maximum absolute atomic E-state index is 12.7. The van der Waals surface area contributed by atoms with Gasteiger partial charge in [0.15, 0.2) is 0 Å². The van der Waals surface area contributed by atoms with Crippen LogP contribution in [0, 0.1) is 5.82 Å². The molecule has 0 bridgehead atoms. The molecule has 0 aliphatic rings. The zero-order valence-electron chi connectivity index (χ0n) is 9.11. The molecule has 1 atom stereocenters. The second-order valence-corrected chi connectivity index (χ2v) is 3.73. The Labute approximate surface area is 94.1 Å². The maximum atomic E-state index is 12.7. The van der Waals surface area contributed by atoms with Crippen LogP contribution in [0.2, 0.25) is 0 Å². The van der Waals surface area contributed by atoms with E-state index in [2.05, 4.69) is 5.32 Å². The van der Waals surface area contributed by atoms with Crippen LogP contribution in [0.15, 0.2) is 47.3 Å². The summed E-state index contributed by atoms with van der Waals surface area (Å²) in [6, 6.07) is 8.71. The summed E-state index contributed by atoms with van der Waals surface area (Å²) in [4.78, 5) is 0. The molecule has 0 radical (unpaired) electrons. The third-order valence-electron chi connectivity index (χ3n) is 2.65. The fourth-order valence-corrected chi connectivity index (χ4v) is 1.72. The van der Waals surface area contributed by atoms with Gasteiger partial charge in [0.2, 0.25) is 0 Å². The normalized spacial score (nSPS) is 12.6. The molecule has 0 aliphatic heterocycles. The van der Waals surface area contributed by atoms with E-state index in [4.69, 9.17) is 4.42 Å². The largest absolute Gasteiger partial charge is 0.472 e. The fraction of sp³-hybridized carbons (Fsp3) is 0.231. The number of benzene rings is 1. The minimum Gasteiger partial charge on any atom is -0.472 e. The molecule has 16 heavy (non-hydrogen) atoms. The van der Waals surface area contributed by atoms with E-state index in [0.29, 0.717) is 0 Å². The van der Waals surface area contributed by atoms with Crippen LogP contribution in [-0.4, -0.2) is 7.05 Å². The predicted octanol–water partition coefficient (Wildman–Crippen LogP) is 2.92. The van der Waals surface area contributed by atoms with Crippen molar-refractivity contribution < 1.29 is 8.81 Å². The van der Waals surface area contributed by atoms with E-state index in [9.17, 15) is 4.39 Å². The van der Waals surface area contributed by atoms with E-state index in [1.165, 1.54) is 12.1 Å². The van der Waals surface area contributed by atoms with Crippen molar-refractivity contribution in [2.45, 2.75) is 12.5 Å². The monoisotopic (exact) mass is 219 g/mol. The van der Waals surface area contributed by atoms with Crippen molar-refractivity contribution in [3.05, 3.63) is 59.8 Å². The molecule has 1 aromatic carbocycles. The molecule has 2 rings (SSSR count). The molecule has 0 spiro atoms. The Hall–Kier alpha value is -1.61. The van der Waals surface area contributed by atoms with Crippen molar-refractivity contribution in [1.82, 2.24) is 5.32 Å². The zero-order valence-corrected chi connectivity index (χ0v) is 9.11. The van der Waals surface area contributed by atoms with Crippen LogP contribution < -0.4 is 5.32 Å². The quantitative estimate of drug-likeness (QED) is 0.855. The summed E-state index contributed by atoms with van der Waals surface area (Å²) in [5.74, 6) is -0.201. The van der Waals surface area contributed by atoms with Gasteiger partial charge in [-0.2, -0.15) is 0 Å². The van der Waals surface area contributed by atoms with Gasteiger partial charge in [0.1, 0.15) is 5.82 Å². The number of halogens is 1. The Bertz CT molecular complexity index is 422. The summed E-state index contributed by atoms with van der Waals surface area (Å²) in [7, 11) is 1.90. The van der Waals surface area contributed by atoms with Gasteiger partial charge in [0.05, 0.1) is 12.5 Å². The van der Waals surface area contributed by atoms with E-state index in [0.717, 1.165) is 17.5 Å². The van der Waals surface area contributed by atoms with Crippen molar-refractivity contribution in [1.29, 1.82) is 0 Å². The molecule has 0 fully saturated rings. The van der Waals surface area contributed by atoms with Crippen molar-refractivity contribution in [3.8, 4) is 0 Å². The third kappa shape index (κ3) is 2.49. The lowest BCUT2D eigenvalue weighted by atomic mass is 10.0. The molecule has 1 N–H and O–H groups in total. The average Bonchev–Trinajstić information content (AvgIpc) is 2.82. The van der Waals surface area contributed by atoms with E-state index in [-0.39, 0.29) is 11.9 Å². The minimum absolute atomic E-state index is 0.198. The molecule has 1 heterocycles. The standard InChI is InChI=1S/C13H14FNO/c1-15-13(11-6-7-16-9-11)8-10-2-4-12(14)5-3-10/h2-7,9,13,15H,8H2,1H3. The Morgan fingerprint density at radius 3 is 2.56 bits per heavy atom. The van der Waals surface area contributed by atoms with E-state index in [1.807, 2.05) is 13.1 Å². The van der Waals surface area contributed by atoms with Crippen LogP contribution in [0.25, 0.3) is 0 Å². The summed E-state index contributed by atoms with van der Waals surface area (Å²) in [6.07, 6.45) is 4.20. The van der Waals surface area contributed by atoms with E-state index < -0.39 is 0 Å². The van der Waals surface area contributed by atoms with Crippen molar-refractivity contribution in [2.75, 3.05) is 7.05 Å². The number of hydrogen-bond donors (Lipinski definition) is 1. The van der Waals surface area contributed by atoms with Gasteiger partial charge in [-0.3, -0.25) is 0 Å². The summed E-state index contributed by atoms with van der Waals surface area (Å²) in [6.45, 7) is 0. The SMILES string of the molecule is CNC(Cc1ccc(F)cc1)c1ccoc1. The molecule has 3 heteroatoms. The second-order valence-electron chi connectivity index (χ2n) is 3.73. The lowest BCUT2D eigenvalue weighted by Gasteiger charge is -2.14. The fourth-order valence-electron chi connectivity index (χ4n) is 1.72. The molecule has 1 aromatic heterocycles. The lowest BCUT2D eigenvalue weighted by Crippen LogP contribution is -2.18. The van der Waals surface area contributed by atoms with Gasteiger partial charge < -0.3 is 9.73 Å². The highest BCUT2D eigenvalue weighted by Gasteiger charge is 2.10. The number of nitrogens with one attached hydrogen (secondary N) is 1. The Morgan fingerprint density at radius 2 is 2.00 bits per heavy atom. The number of likely N-dealkylation sites (N-methyl/N-ethyl adjacent to an activating group) is 1. The minimum atomic E-state index is -0.201. The number of hydrogen-bond acceptors (Lipinski definition) is 2. The van der Waals surface area contributed by atoms with Gasteiger partial charge in [-0.05, 0) is 37.2 Å². The zero-order chi connectivity index (χ0) is 11.4. The van der Waals surface area contributed by atoms with Gasteiger partial charge in [0.25, 0.3) is 0 Å². The lowest BCUT2D eigenvalue weighted by molar-refractivity contribution is 0.542. The molecule has 0 saturated carbocycles. The first kappa shape index (κ1) is 10.9. The van der Waals surface area contributed by atoms with Gasteiger partial charge in [-0.1, -0.05) is 12.1 Å². The molecule has 84 valence electrons. The molecule has 0 aliphatic carbocycles. The van der Waals surface area contributed by atoms with Gasteiger partial charge >= 0.3 is 0 Å². The molecule has 2 nitrogen and oxygen atoms in total. The van der Waals surface area contributed by atoms with Crippen molar-refractivity contribution in [3.63, 3.8) is 0 Å². The summed E-state index contributed by atoms with van der Waals surface area (Å²) < 4.78 is 17.8. The maximum Gasteiger partial charge on any atom is 0.123 e. The first-order valence-corrected chi connectivity index (χ1v) is 5.23. The first-order chi connectivity index (χ1) is 7.79. The van der Waals surface area contributed by atoms with Gasteiger partial charge in [-0.25, -0.2) is 4.39 Å². The van der Waals surface area contributed by atoms with Crippen LogP contribution in [0.5, 0.6) is 0 Å². The van der Waals surface area contributed by atoms with Crippen molar-refractivity contribution >= 4 is 0 Å². The van der Waals surface area contributed by atoms with Crippen LogP contribution in [-0.2, 0) is 6.42 Å². The Morgan fingerprint density at radius 1 is 1.25 bits per heavy atom. The van der Waals surface area contributed by atoms with Crippen LogP contribution >= 0.6 is 0 Å². The molecular weight excluding hydrogens is 205 g/mol. The average molecular weight is 219 g/mol. The highest BCUT2D eigenvalue weighted by atomic mass is 19.1. The summed E-state index contributed by atoms with van der Waals surface area (Å²) >= 11 is 0. The van der Waals surface area contributed by atoms with Gasteiger partial charge in [-0.15, -0.1) is 0 Å².